The van der Waals surface area contributed by atoms with Crippen molar-refractivity contribution < 1.29 is 22.7 Å². The molecule has 0 fully saturated rings. The Labute approximate surface area is 204 Å². The number of sulfonamides is 1. The molecule has 0 unspecified atom stereocenters. The van der Waals surface area contributed by atoms with Gasteiger partial charge in [-0.1, -0.05) is 36.4 Å². The van der Waals surface area contributed by atoms with Crippen LogP contribution in [0.25, 0.3) is 0 Å². The van der Waals surface area contributed by atoms with Crippen molar-refractivity contribution in [2.24, 2.45) is 0 Å². The first-order valence-corrected chi connectivity index (χ1v) is 12.7. The summed E-state index contributed by atoms with van der Waals surface area (Å²) in [6.45, 7) is -0.375. The highest BCUT2D eigenvalue weighted by Crippen LogP contribution is 2.26. The minimum absolute atomic E-state index is 0.356. The quantitative estimate of drug-likeness (QED) is 0.328. The number of carbonyl (C=O) groups is 1. The number of nitrogens with zero attached hydrogens (tertiary/aromatic N) is 1. The summed E-state index contributed by atoms with van der Waals surface area (Å²) in [6, 6.07) is 31.9. The Hall–Kier alpha value is -4.30. The van der Waals surface area contributed by atoms with Crippen molar-refractivity contribution in [1.29, 1.82) is 0 Å². The van der Waals surface area contributed by atoms with E-state index < -0.39 is 15.9 Å². The maximum atomic E-state index is 12.7. The number of benzene rings is 4. The van der Waals surface area contributed by atoms with E-state index in [9.17, 15) is 13.2 Å². The molecule has 0 aliphatic heterocycles. The lowest BCUT2D eigenvalue weighted by molar-refractivity contribution is -0.114. The Kier molecular flexibility index (Phi) is 7.32. The molecule has 0 saturated heterocycles. The van der Waals surface area contributed by atoms with Crippen molar-refractivity contribution in [2.75, 3.05) is 22.4 Å². The van der Waals surface area contributed by atoms with Gasteiger partial charge >= 0.3 is 0 Å². The molecule has 0 aromatic heterocycles. The normalized spacial score (nSPS) is 10.9. The third-order valence-corrected chi connectivity index (χ3v) is 6.05. The molecule has 0 aliphatic carbocycles. The van der Waals surface area contributed by atoms with E-state index in [0.717, 1.165) is 10.6 Å². The second-order valence-corrected chi connectivity index (χ2v) is 9.57. The summed E-state index contributed by atoms with van der Waals surface area (Å²) in [5.74, 6) is 2.06. The Bertz CT molecular complexity index is 1360. The van der Waals surface area contributed by atoms with E-state index in [0.29, 0.717) is 34.4 Å². The third-order valence-electron chi connectivity index (χ3n) is 4.91. The van der Waals surface area contributed by atoms with Crippen LogP contribution < -0.4 is 19.1 Å². The number of hydrogen-bond acceptors (Lipinski definition) is 5. The van der Waals surface area contributed by atoms with E-state index in [1.807, 2.05) is 60.7 Å². The molecule has 7 nitrogen and oxygen atoms in total. The fourth-order valence-electron chi connectivity index (χ4n) is 3.27. The molecule has 0 aliphatic rings. The largest absolute Gasteiger partial charge is 0.457 e. The Morgan fingerprint density at radius 2 is 1.11 bits per heavy atom. The van der Waals surface area contributed by atoms with E-state index >= 15 is 0 Å². The van der Waals surface area contributed by atoms with E-state index in [1.54, 1.807) is 48.5 Å². The number of carbonyl (C=O) groups excluding carboxylic acids is 1. The minimum Gasteiger partial charge on any atom is -0.457 e. The Balaban J connectivity index is 1.40. The van der Waals surface area contributed by atoms with Gasteiger partial charge in [0.25, 0.3) is 0 Å². The van der Waals surface area contributed by atoms with Crippen LogP contribution in [-0.4, -0.2) is 27.1 Å². The number of ether oxygens (including phenoxy) is 2. The van der Waals surface area contributed by atoms with Gasteiger partial charge in [0, 0.05) is 5.69 Å². The zero-order valence-electron chi connectivity index (χ0n) is 19.0. The van der Waals surface area contributed by atoms with Crippen molar-refractivity contribution in [1.82, 2.24) is 0 Å². The molecule has 4 aromatic carbocycles. The molecule has 0 atom stereocenters. The average Bonchev–Trinajstić information content (AvgIpc) is 2.85. The van der Waals surface area contributed by atoms with Crippen molar-refractivity contribution in [3.63, 3.8) is 0 Å². The predicted octanol–water partition coefficient (Wildman–Crippen LogP) is 5.68. The number of nitrogens with one attached hydrogen (secondary N) is 1. The van der Waals surface area contributed by atoms with Gasteiger partial charge in [-0.15, -0.1) is 0 Å². The van der Waals surface area contributed by atoms with Gasteiger partial charge in [0.1, 0.15) is 29.5 Å². The lowest BCUT2D eigenvalue weighted by Crippen LogP contribution is -2.37. The molecule has 0 saturated carbocycles. The van der Waals surface area contributed by atoms with Crippen molar-refractivity contribution in [3.8, 4) is 23.0 Å². The van der Waals surface area contributed by atoms with Gasteiger partial charge in [-0.05, 0) is 72.8 Å². The summed E-state index contributed by atoms with van der Waals surface area (Å²) >= 11 is 0. The van der Waals surface area contributed by atoms with Crippen molar-refractivity contribution >= 4 is 27.3 Å². The molecule has 4 aromatic rings. The second kappa shape index (κ2) is 10.8. The Morgan fingerprint density at radius 1 is 0.686 bits per heavy atom. The van der Waals surface area contributed by atoms with Gasteiger partial charge in [-0.3, -0.25) is 9.10 Å². The molecule has 0 radical (unpaired) electrons. The molecular formula is C27H24N2O5S. The standard InChI is InChI=1S/C27H24N2O5S/c1-35(31,32)29(22-14-18-26(19-15-22)34-24-10-6-3-7-11-24)20-27(30)28-21-12-16-25(17-13-21)33-23-8-4-2-5-9-23/h2-19H,20H2,1H3,(H,28,30). The van der Waals surface area contributed by atoms with Gasteiger partial charge in [0.15, 0.2) is 0 Å². The van der Waals surface area contributed by atoms with E-state index in [-0.39, 0.29) is 6.54 Å². The highest BCUT2D eigenvalue weighted by atomic mass is 32.2. The van der Waals surface area contributed by atoms with Crippen LogP contribution in [0.4, 0.5) is 11.4 Å². The number of para-hydroxylation sites is 2. The maximum Gasteiger partial charge on any atom is 0.245 e. The lowest BCUT2D eigenvalue weighted by atomic mass is 10.3. The van der Waals surface area contributed by atoms with Crippen LogP contribution in [0, 0.1) is 0 Å². The van der Waals surface area contributed by atoms with Crippen LogP contribution in [0.3, 0.4) is 0 Å². The lowest BCUT2D eigenvalue weighted by Gasteiger charge is -2.22. The van der Waals surface area contributed by atoms with Crippen LogP contribution in [0.5, 0.6) is 23.0 Å². The van der Waals surface area contributed by atoms with Gasteiger partial charge in [-0.2, -0.15) is 0 Å². The summed E-state index contributed by atoms with van der Waals surface area (Å²) in [4.78, 5) is 12.7. The van der Waals surface area contributed by atoms with Crippen LogP contribution in [0.2, 0.25) is 0 Å². The Morgan fingerprint density at radius 3 is 1.57 bits per heavy atom. The van der Waals surface area contributed by atoms with Gasteiger partial charge in [0.2, 0.25) is 15.9 Å². The first kappa shape index (κ1) is 23.8. The van der Waals surface area contributed by atoms with E-state index in [2.05, 4.69) is 5.32 Å². The number of anilines is 2. The SMILES string of the molecule is CS(=O)(=O)N(CC(=O)Nc1ccc(Oc2ccccc2)cc1)c1ccc(Oc2ccccc2)cc1. The highest BCUT2D eigenvalue weighted by molar-refractivity contribution is 7.92. The van der Waals surface area contributed by atoms with Crippen LogP contribution >= 0.6 is 0 Å². The number of amides is 1. The monoisotopic (exact) mass is 488 g/mol. The molecule has 0 spiro atoms. The smallest absolute Gasteiger partial charge is 0.245 e. The summed E-state index contributed by atoms with van der Waals surface area (Å²) in [7, 11) is -3.71. The topological polar surface area (TPSA) is 84.9 Å². The van der Waals surface area contributed by atoms with Gasteiger partial charge in [-0.25, -0.2) is 8.42 Å². The molecule has 0 heterocycles. The maximum absolute atomic E-state index is 12.7. The highest BCUT2D eigenvalue weighted by Gasteiger charge is 2.21. The third kappa shape index (κ3) is 6.84. The summed E-state index contributed by atoms with van der Waals surface area (Å²) < 4.78 is 37.4. The first-order chi connectivity index (χ1) is 16.9. The summed E-state index contributed by atoms with van der Waals surface area (Å²) in [6.07, 6.45) is 1.06. The van der Waals surface area contributed by atoms with Crippen LogP contribution in [0.1, 0.15) is 0 Å². The number of hydrogen-bond donors (Lipinski definition) is 1. The molecule has 0 bridgehead atoms. The first-order valence-electron chi connectivity index (χ1n) is 10.8. The van der Waals surface area contributed by atoms with Gasteiger partial charge < -0.3 is 14.8 Å². The summed E-state index contributed by atoms with van der Waals surface area (Å²) in [5, 5.41) is 2.72. The fourth-order valence-corrected chi connectivity index (χ4v) is 4.12. The van der Waals surface area contributed by atoms with Crippen molar-refractivity contribution in [2.45, 2.75) is 0 Å². The van der Waals surface area contributed by atoms with Crippen LogP contribution in [0.15, 0.2) is 109 Å². The predicted molar refractivity (Wildman–Crippen MR) is 137 cm³/mol. The molecular weight excluding hydrogens is 464 g/mol. The average molecular weight is 489 g/mol. The minimum atomic E-state index is -3.71. The second-order valence-electron chi connectivity index (χ2n) is 7.67. The number of rotatable bonds is 9. The van der Waals surface area contributed by atoms with E-state index in [4.69, 9.17) is 9.47 Å². The zero-order valence-corrected chi connectivity index (χ0v) is 19.8. The molecule has 178 valence electrons. The van der Waals surface area contributed by atoms with Crippen molar-refractivity contribution in [3.05, 3.63) is 109 Å². The zero-order chi connectivity index (χ0) is 24.7. The molecule has 1 amide bonds. The molecule has 35 heavy (non-hydrogen) atoms. The van der Waals surface area contributed by atoms with Gasteiger partial charge in [0.05, 0.1) is 11.9 Å². The fraction of sp³-hybridized carbons (Fsp3) is 0.0741. The van der Waals surface area contributed by atoms with Crippen LogP contribution in [-0.2, 0) is 14.8 Å². The summed E-state index contributed by atoms with van der Waals surface area (Å²) in [5.41, 5.74) is 0.880. The molecule has 4 rings (SSSR count). The molecule has 8 heteroatoms. The van der Waals surface area contributed by atoms with E-state index in [1.165, 1.54) is 0 Å². The molecule has 1 N–H and O–H groups in total.